The van der Waals surface area contributed by atoms with Gasteiger partial charge in [0.1, 0.15) is 0 Å². The molecule has 0 bridgehead atoms. The first-order valence-corrected chi connectivity index (χ1v) is 15.5. The van der Waals surface area contributed by atoms with Crippen molar-refractivity contribution in [2.75, 3.05) is 64.0 Å². The fourth-order valence-electron chi connectivity index (χ4n) is 7.25. The first kappa shape index (κ1) is 26.9. The molecule has 0 atom stereocenters. The molecule has 218 valence electrons. The Morgan fingerprint density at radius 3 is 2.49 bits per heavy atom. The highest BCUT2D eigenvalue weighted by molar-refractivity contribution is 5.81. The van der Waals surface area contributed by atoms with Gasteiger partial charge in [-0.1, -0.05) is 13.0 Å². The lowest BCUT2D eigenvalue weighted by Crippen LogP contribution is -2.54. The van der Waals surface area contributed by atoms with Crippen molar-refractivity contribution in [3.63, 3.8) is 0 Å². The second-order valence-corrected chi connectivity index (χ2v) is 12.4. The second kappa shape index (κ2) is 11.0. The van der Waals surface area contributed by atoms with Crippen LogP contribution in [-0.4, -0.2) is 95.4 Å². The Hall–Kier alpha value is -3.01. The van der Waals surface area contributed by atoms with E-state index in [0.29, 0.717) is 24.5 Å². The molecule has 0 radical (unpaired) electrons. The van der Waals surface area contributed by atoms with Crippen molar-refractivity contribution in [1.29, 1.82) is 0 Å². The number of pyridine rings is 1. The van der Waals surface area contributed by atoms with Gasteiger partial charge in [0.2, 0.25) is 5.91 Å². The molecule has 7 rings (SSSR count). The van der Waals surface area contributed by atoms with Gasteiger partial charge in [-0.25, -0.2) is 4.52 Å². The number of fused-ring (bicyclic) bond motifs is 1. The summed E-state index contributed by atoms with van der Waals surface area (Å²) in [4.78, 5) is 24.8. The molecule has 41 heavy (non-hydrogen) atoms. The van der Waals surface area contributed by atoms with Crippen LogP contribution in [0.15, 0.2) is 42.9 Å². The lowest BCUT2D eigenvalue weighted by atomic mass is 9.75. The van der Waals surface area contributed by atoms with Crippen molar-refractivity contribution < 1.29 is 14.3 Å². The van der Waals surface area contributed by atoms with Crippen molar-refractivity contribution in [3.05, 3.63) is 48.4 Å². The van der Waals surface area contributed by atoms with Crippen LogP contribution in [0.2, 0.25) is 0 Å². The molecular weight excluding hydrogens is 516 g/mol. The number of rotatable bonds is 7. The molecule has 3 aromatic rings. The van der Waals surface area contributed by atoms with Gasteiger partial charge in [-0.2, -0.15) is 5.10 Å². The molecule has 4 aliphatic rings. The Morgan fingerprint density at radius 2 is 1.85 bits per heavy atom. The number of piperidine rings is 1. The fourth-order valence-corrected chi connectivity index (χ4v) is 7.25. The molecule has 3 aromatic heterocycles. The number of nitrogens with zero attached hydrogens (tertiary/aromatic N) is 6. The summed E-state index contributed by atoms with van der Waals surface area (Å²) in [5.41, 5.74) is 5.10. The lowest BCUT2D eigenvalue weighted by molar-refractivity contribution is -0.140. The number of carbonyl (C=O) groups excluding carboxylic acids is 1. The highest BCUT2D eigenvalue weighted by Crippen LogP contribution is 2.39. The SMILES string of the molecule is CCOC1(c2ccc(-c3cc4c(N5CCN(C(=O)C6CC(C)C6)CC5)ccnn4c3)nc2)CCN(C2COC2)CC1. The Bertz CT molecular complexity index is 1360. The minimum atomic E-state index is -0.276. The lowest BCUT2D eigenvalue weighted by Gasteiger charge is -2.46. The molecule has 6 heterocycles. The van der Waals surface area contributed by atoms with Gasteiger partial charge in [-0.3, -0.25) is 14.7 Å². The third-order valence-electron chi connectivity index (χ3n) is 9.89. The normalized spacial score (nSPS) is 25.2. The van der Waals surface area contributed by atoms with Crippen LogP contribution in [0.25, 0.3) is 16.8 Å². The minimum absolute atomic E-state index is 0.245. The van der Waals surface area contributed by atoms with E-state index in [1.54, 1.807) is 0 Å². The van der Waals surface area contributed by atoms with E-state index in [1.807, 2.05) is 16.9 Å². The van der Waals surface area contributed by atoms with E-state index in [-0.39, 0.29) is 11.5 Å². The van der Waals surface area contributed by atoms with E-state index < -0.39 is 0 Å². The van der Waals surface area contributed by atoms with Crippen LogP contribution in [-0.2, 0) is 19.9 Å². The van der Waals surface area contributed by atoms with Crippen LogP contribution in [0, 0.1) is 11.8 Å². The van der Waals surface area contributed by atoms with Crippen molar-refractivity contribution in [1.82, 2.24) is 24.4 Å². The summed E-state index contributed by atoms with van der Waals surface area (Å²) in [6.45, 7) is 12.0. The van der Waals surface area contributed by atoms with Gasteiger partial charge >= 0.3 is 0 Å². The number of hydrogen-bond acceptors (Lipinski definition) is 7. The van der Waals surface area contributed by atoms with Gasteiger partial charge in [0.15, 0.2) is 0 Å². The predicted octanol–water partition coefficient (Wildman–Crippen LogP) is 3.82. The van der Waals surface area contributed by atoms with Crippen LogP contribution >= 0.6 is 0 Å². The zero-order chi connectivity index (χ0) is 28.0. The molecule has 3 aliphatic heterocycles. The summed E-state index contributed by atoms with van der Waals surface area (Å²) in [5, 5.41) is 4.60. The van der Waals surface area contributed by atoms with E-state index in [1.165, 1.54) is 5.56 Å². The topological polar surface area (TPSA) is 75.4 Å². The van der Waals surface area contributed by atoms with Crippen molar-refractivity contribution in [2.45, 2.75) is 51.2 Å². The smallest absolute Gasteiger partial charge is 0.225 e. The maximum atomic E-state index is 12.9. The molecule has 0 N–H and O–H groups in total. The number of ether oxygens (including phenoxy) is 2. The van der Waals surface area contributed by atoms with Crippen LogP contribution in [0.5, 0.6) is 0 Å². The molecule has 9 heteroatoms. The highest BCUT2D eigenvalue weighted by Gasteiger charge is 2.40. The largest absolute Gasteiger partial charge is 0.378 e. The third-order valence-corrected chi connectivity index (χ3v) is 9.89. The van der Waals surface area contributed by atoms with Crippen LogP contribution in [0.1, 0.15) is 45.1 Å². The summed E-state index contributed by atoms with van der Waals surface area (Å²) in [6, 6.07) is 9.18. The van der Waals surface area contributed by atoms with Gasteiger partial charge < -0.3 is 19.3 Å². The molecule has 9 nitrogen and oxygen atoms in total. The number of likely N-dealkylation sites (tertiary alicyclic amines) is 1. The molecular formula is C32H42N6O3. The number of aromatic nitrogens is 3. The van der Waals surface area contributed by atoms with Gasteiger partial charge in [-0.05, 0) is 56.7 Å². The van der Waals surface area contributed by atoms with E-state index in [4.69, 9.17) is 14.5 Å². The Kier molecular flexibility index (Phi) is 7.21. The predicted molar refractivity (Wildman–Crippen MR) is 158 cm³/mol. The average molecular weight is 559 g/mol. The maximum Gasteiger partial charge on any atom is 0.225 e. The first-order chi connectivity index (χ1) is 20.0. The van der Waals surface area contributed by atoms with E-state index in [9.17, 15) is 4.79 Å². The van der Waals surface area contributed by atoms with Crippen LogP contribution in [0.3, 0.4) is 0 Å². The minimum Gasteiger partial charge on any atom is -0.378 e. The summed E-state index contributed by atoms with van der Waals surface area (Å²) in [7, 11) is 0. The summed E-state index contributed by atoms with van der Waals surface area (Å²) >= 11 is 0. The summed E-state index contributed by atoms with van der Waals surface area (Å²) < 4.78 is 13.8. The van der Waals surface area contributed by atoms with Gasteiger partial charge in [-0.15, -0.1) is 0 Å². The first-order valence-electron chi connectivity index (χ1n) is 15.5. The number of anilines is 1. The molecule has 3 saturated heterocycles. The maximum absolute atomic E-state index is 12.9. The van der Waals surface area contributed by atoms with Gasteiger partial charge in [0.05, 0.1) is 41.8 Å². The van der Waals surface area contributed by atoms with Crippen molar-refractivity contribution in [3.8, 4) is 11.3 Å². The molecule has 0 aromatic carbocycles. The standard InChI is InChI=1S/C32H42N6O3/c1-3-41-32(7-10-35(11-8-32)27-21-40-22-27)26-4-5-28(33-19-26)25-18-30-29(6-9-34-38(30)20-25)36-12-14-37(15-13-36)31(39)24-16-23(2)17-24/h4-6,9,18-20,23-24,27H,3,7-8,10-17,21-22H2,1-2H3. The van der Waals surface area contributed by atoms with E-state index in [2.05, 4.69) is 64.1 Å². The molecule has 1 saturated carbocycles. The molecule has 0 spiro atoms. The average Bonchev–Trinajstić information content (AvgIpc) is 3.40. The van der Waals surface area contributed by atoms with Crippen molar-refractivity contribution >= 4 is 17.1 Å². The molecule has 1 amide bonds. The zero-order valence-electron chi connectivity index (χ0n) is 24.4. The quantitative estimate of drug-likeness (QED) is 0.437. The van der Waals surface area contributed by atoms with E-state index in [0.717, 1.165) is 101 Å². The Morgan fingerprint density at radius 1 is 1.07 bits per heavy atom. The molecule has 4 fully saturated rings. The number of amides is 1. The highest BCUT2D eigenvalue weighted by atomic mass is 16.5. The number of piperazine rings is 1. The number of carbonyl (C=O) groups is 1. The summed E-state index contributed by atoms with van der Waals surface area (Å²) in [5.74, 6) is 1.29. The fraction of sp³-hybridized carbons (Fsp3) is 0.594. The van der Waals surface area contributed by atoms with Crippen molar-refractivity contribution in [2.24, 2.45) is 11.8 Å². The van der Waals surface area contributed by atoms with Crippen LogP contribution in [0.4, 0.5) is 5.69 Å². The van der Waals surface area contributed by atoms with E-state index >= 15 is 0 Å². The molecule has 0 unspecified atom stereocenters. The monoisotopic (exact) mass is 558 g/mol. The summed E-state index contributed by atoms with van der Waals surface area (Å²) in [6.07, 6.45) is 9.99. The van der Waals surface area contributed by atoms with Crippen LogP contribution < -0.4 is 4.90 Å². The Labute approximate surface area is 242 Å². The zero-order valence-corrected chi connectivity index (χ0v) is 24.4. The molecule has 1 aliphatic carbocycles. The third kappa shape index (κ3) is 5.02. The van der Waals surface area contributed by atoms with Gasteiger partial charge in [0, 0.05) is 81.5 Å². The number of hydrogen-bond donors (Lipinski definition) is 0. The second-order valence-electron chi connectivity index (χ2n) is 12.4. The Balaban J connectivity index is 1.06. The van der Waals surface area contributed by atoms with Gasteiger partial charge in [0.25, 0.3) is 0 Å².